The summed E-state index contributed by atoms with van der Waals surface area (Å²) < 4.78 is 0. The molecule has 1 aromatic rings. The first kappa shape index (κ1) is 14.0. The molecular formula is C12H17N3O3. The molecule has 1 aromatic carbocycles. The summed E-state index contributed by atoms with van der Waals surface area (Å²) >= 11 is 0. The van der Waals surface area contributed by atoms with E-state index in [9.17, 15) is 14.9 Å². The van der Waals surface area contributed by atoms with Gasteiger partial charge in [-0.25, -0.2) is 0 Å². The van der Waals surface area contributed by atoms with E-state index in [1.807, 2.05) is 6.92 Å². The smallest absolute Gasteiger partial charge is 0.292 e. The molecule has 0 spiro atoms. The topological polar surface area (TPSA) is 75.5 Å². The van der Waals surface area contributed by atoms with Crippen molar-refractivity contribution in [3.63, 3.8) is 0 Å². The lowest BCUT2D eigenvalue weighted by Gasteiger charge is -2.19. The molecule has 0 fully saturated rings. The van der Waals surface area contributed by atoms with Gasteiger partial charge < -0.3 is 10.2 Å². The van der Waals surface area contributed by atoms with Crippen LogP contribution in [0.4, 0.5) is 11.4 Å². The van der Waals surface area contributed by atoms with Crippen molar-refractivity contribution in [3.8, 4) is 0 Å². The molecule has 0 radical (unpaired) electrons. The highest BCUT2D eigenvalue weighted by atomic mass is 16.6. The number of nitro benzene ring substituents is 1. The number of likely N-dealkylation sites (N-methyl/N-ethyl adjacent to an activating group) is 1. The third-order valence-electron chi connectivity index (χ3n) is 2.53. The molecular weight excluding hydrogens is 234 g/mol. The van der Waals surface area contributed by atoms with E-state index in [0.29, 0.717) is 5.69 Å². The number of anilines is 1. The molecule has 1 rings (SSSR count). The number of carbonyl (C=O) groups excluding carboxylic acids is 1. The van der Waals surface area contributed by atoms with Crippen molar-refractivity contribution in [2.75, 3.05) is 19.4 Å². The summed E-state index contributed by atoms with van der Waals surface area (Å²) in [4.78, 5) is 23.6. The summed E-state index contributed by atoms with van der Waals surface area (Å²) in [7, 11) is 3.29. The van der Waals surface area contributed by atoms with Gasteiger partial charge in [0.25, 0.3) is 5.69 Å². The van der Waals surface area contributed by atoms with Crippen molar-refractivity contribution in [2.24, 2.45) is 0 Å². The van der Waals surface area contributed by atoms with Crippen LogP contribution in [-0.4, -0.2) is 35.9 Å². The Morgan fingerprint density at radius 3 is 2.56 bits per heavy atom. The van der Waals surface area contributed by atoms with Gasteiger partial charge >= 0.3 is 0 Å². The number of carbonyl (C=O) groups is 1. The molecule has 0 unspecified atom stereocenters. The van der Waals surface area contributed by atoms with Crippen molar-refractivity contribution in [3.05, 3.63) is 33.9 Å². The molecule has 0 aliphatic carbocycles. The summed E-state index contributed by atoms with van der Waals surface area (Å²) in [6.45, 7) is 3.52. The third-order valence-corrected chi connectivity index (χ3v) is 2.53. The highest BCUT2D eigenvalue weighted by Crippen LogP contribution is 2.25. The minimum absolute atomic E-state index is 0.0287. The Morgan fingerprint density at radius 1 is 1.44 bits per heavy atom. The molecule has 0 heterocycles. The standard InChI is InChI=1S/C12H17N3O3/c1-8-5-6-11(15(17)18)10(7-8)13-9(2)12(16)14(3)4/h5-7,9,13H,1-4H3/t9-/m0/s1. The Morgan fingerprint density at radius 2 is 2.06 bits per heavy atom. The maximum Gasteiger partial charge on any atom is 0.292 e. The van der Waals surface area contributed by atoms with Crippen LogP contribution < -0.4 is 5.32 Å². The summed E-state index contributed by atoms with van der Waals surface area (Å²) in [5.74, 6) is -0.134. The van der Waals surface area contributed by atoms with Crippen LogP contribution in [0.5, 0.6) is 0 Å². The molecule has 0 aliphatic heterocycles. The van der Waals surface area contributed by atoms with Crippen LogP contribution in [0, 0.1) is 17.0 Å². The van der Waals surface area contributed by atoms with Crippen LogP contribution in [0.1, 0.15) is 12.5 Å². The summed E-state index contributed by atoms with van der Waals surface area (Å²) in [5, 5.41) is 13.8. The summed E-state index contributed by atoms with van der Waals surface area (Å²) in [6.07, 6.45) is 0. The Bertz CT molecular complexity index is 472. The molecule has 98 valence electrons. The van der Waals surface area contributed by atoms with Crippen LogP contribution in [0.15, 0.2) is 18.2 Å². The van der Waals surface area contributed by atoms with Gasteiger partial charge in [0, 0.05) is 20.2 Å². The van der Waals surface area contributed by atoms with E-state index >= 15 is 0 Å². The lowest BCUT2D eigenvalue weighted by atomic mass is 10.1. The van der Waals surface area contributed by atoms with Gasteiger partial charge in [0.05, 0.1) is 4.92 Å². The van der Waals surface area contributed by atoms with E-state index in [1.54, 1.807) is 33.2 Å². The minimum Gasteiger partial charge on any atom is -0.368 e. The number of aryl methyl sites for hydroxylation is 1. The van der Waals surface area contributed by atoms with Crippen molar-refractivity contribution in [1.29, 1.82) is 0 Å². The lowest BCUT2D eigenvalue weighted by Crippen LogP contribution is -2.36. The van der Waals surface area contributed by atoms with Gasteiger partial charge in [-0.3, -0.25) is 14.9 Å². The number of amides is 1. The molecule has 0 aromatic heterocycles. The number of hydrogen-bond donors (Lipinski definition) is 1. The maximum atomic E-state index is 11.7. The van der Waals surface area contributed by atoms with Crippen LogP contribution in [-0.2, 0) is 4.79 Å². The maximum absolute atomic E-state index is 11.7. The Labute approximate surface area is 106 Å². The Balaban J connectivity index is 2.99. The first-order valence-corrected chi connectivity index (χ1v) is 5.55. The number of benzene rings is 1. The fourth-order valence-corrected chi connectivity index (χ4v) is 1.61. The normalized spacial score (nSPS) is 11.8. The molecule has 0 bridgehead atoms. The zero-order valence-electron chi connectivity index (χ0n) is 10.9. The summed E-state index contributed by atoms with van der Waals surface area (Å²) in [6, 6.07) is 4.25. The van der Waals surface area contributed by atoms with E-state index in [2.05, 4.69) is 5.32 Å². The van der Waals surface area contributed by atoms with Gasteiger partial charge in [-0.05, 0) is 25.5 Å². The zero-order valence-corrected chi connectivity index (χ0v) is 10.9. The van der Waals surface area contributed by atoms with Crippen LogP contribution in [0.25, 0.3) is 0 Å². The average Bonchev–Trinajstić information content (AvgIpc) is 2.27. The number of nitro groups is 1. The van der Waals surface area contributed by atoms with E-state index in [1.165, 1.54) is 11.0 Å². The highest BCUT2D eigenvalue weighted by molar-refractivity contribution is 5.84. The van der Waals surface area contributed by atoms with Crippen molar-refractivity contribution in [1.82, 2.24) is 4.90 Å². The Hall–Kier alpha value is -2.11. The van der Waals surface area contributed by atoms with E-state index in [4.69, 9.17) is 0 Å². The second-order valence-corrected chi connectivity index (χ2v) is 4.38. The molecule has 0 aliphatic rings. The molecule has 1 atom stereocenters. The first-order chi connectivity index (χ1) is 8.32. The van der Waals surface area contributed by atoms with Crippen molar-refractivity contribution < 1.29 is 9.72 Å². The average molecular weight is 251 g/mol. The fraction of sp³-hybridized carbons (Fsp3) is 0.417. The SMILES string of the molecule is Cc1ccc([N+](=O)[O-])c(N[C@@H](C)C(=O)N(C)C)c1. The molecule has 0 saturated heterocycles. The third kappa shape index (κ3) is 3.19. The van der Waals surface area contributed by atoms with E-state index in [-0.39, 0.29) is 11.6 Å². The molecule has 18 heavy (non-hydrogen) atoms. The number of rotatable bonds is 4. The van der Waals surface area contributed by atoms with Gasteiger partial charge in [0.15, 0.2) is 0 Å². The van der Waals surface area contributed by atoms with Crippen LogP contribution >= 0.6 is 0 Å². The molecule has 0 saturated carbocycles. The highest BCUT2D eigenvalue weighted by Gasteiger charge is 2.19. The van der Waals surface area contributed by atoms with E-state index in [0.717, 1.165) is 5.56 Å². The number of nitrogens with zero attached hydrogens (tertiary/aromatic N) is 2. The largest absolute Gasteiger partial charge is 0.368 e. The number of nitrogens with one attached hydrogen (secondary N) is 1. The predicted molar refractivity (Wildman–Crippen MR) is 69.6 cm³/mol. The van der Waals surface area contributed by atoms with Gasteiger partial charge in [-0.1, -0.05) is 6.07 Å². The van der Waals surface area contributed by atoms with Gasteiger partial charge in [-0.2, -0.15) is 0 Å². The van der Waals surface area contributed by atoms with E-state index < -0.39 is 11.0 Å². The molecule has 6 heteroatoms. The van der Waals surface area contributed by atoms with Crippen LogP contribution in [0.2, 0.25) is 0 Å². The van der Waals surface area contributed by atoms with Gasteiger partial charge in [-0.15, -0.1) is 0 Å². The number of hydrogen-bond acceptors (Lipinski definition) is 4. The minimum atomic E-state index is -0.513. The van der Waals surface area contributed by atoms with Gasteiger partial charge in [0.2, 0.25) is 5.91 Å². The predicted octanol–water partition coefficient (Wildman–Crippen LogP) is 1.79. The fourth-order valence-electron chi connectivity index (χ4n) is 1.61. The lowest BCUT2D eigenvalue weighted by molar-refractivity contribution is -0.384. The molecule has 1 amide bonds. The second-order valence-electron chi connectivity index (χ2n) is 4.38. The second kappa shape index (κ2) is 5.48. The van der Waals surface area contributed by atoms with Crippen molar-refractivity contribution >= 4 is 17.3 Å². The monoisotopic (exact) mass is 251 g/mol. The molecule has 1 N–H and O–H groups in total. The van der Waals surface area contributed by atoms with Crippen LogP contribution in [0.3, 0.4) is 0 Å². The van der Waals surface area contributed by atoms with Crippen molar-refractivity contribution in [2.45, 2.75) is 19.9 Å². The molecule has 6 nitrogen and oxygen atoms in total. The summed E-state index contributed by atoms with van der Waals surface area (Å²) in [5.41, 5.74) is 1.23. The Kier molecular flexibility index (Phi) is 4.25. The zero-order chi connectivity index (χ0) is 13.9. The first-order valence-electron chi connectivity index (χ1n) is 5.55. The van der Waals surface area contributed by atoms with Gasteiger partial charge in [0.1, 0.15) is 11.7 Å². The quantitative estimate of drug-likeness (QED) is 0.654.